The van der Waals surface area contributed by atoms with Crippen molar-refractivity contribution >= 4 is 54.8 Å². The number of carbonyl (C=O) groups excluding carboxylic acids is 1. The number of hydrogen-bond donors (Lipinski definition) is 2. The van der Waals surface area contributed by atoms with Crippen molar-refractivity contribution in [3.8, 4) is 0 Å². The molecule has 1 aromatic carbocycles. The number of nitrogens with two attached hydrogens (primary N) is 1. The van der Waals surface area contributed by atoms with Gasteiger partial charge in [0.25, 0.3) is 5.91 Å². The second-order valence-corrected chi connectivity index (χ2v) is 6.60. The fourth-order valence-electron chi connectivity index (χ4n) is 1.38. The van der Waals surface area contributed by atoms with Gasteiger partial charge in [0.1, 0.15) is 10.7 Å². The van der Waals surface area contributed by atoms with Crippen molar-refractivity contribution in [2.45, 2.75) is 13.0 Å². The third-order valence-corrected chi connectivity index (χ3v) is 4.52. The van der Waals surface area contributed by atoms with Gasteiger partial charge in [0.05, 0.1) is 11.7 Å². The maximum atomic E-state index is 12.0. The molecule has 19 heavy (non-hydrogen) atoms. The number of aromatic nitrogens is 1. The van der Waals surface area contributed by atoms with Crippen molar-refractivity contribution in [1.29, 1.82) is 0 Å². The Kier molecular flexibility index (Phi) is 4.72. The van der Waals surface area contributed by atoms with Crippen LogP contribution in [-0.2, 0) is 0 Å². The Labute approximate surface area is 131 Å². The molecule has 2 rings (SSSR count). The summed E-state index contributed by atoms with van der Waals surface area (Å²) in [6.07, 6.45) is 0. The van der Waals surface area contributed by atoms with Crippen LogP contribution < -0.4 is 11.1 Å². The molecule has 1 aromatic heterocycles. The zero-order chi connectivity index (χ0) is 14.0. The molecule has 100 valence electrons. The molecule has 4 nitrogen and oxygen atoms in total. The van der Waals surface area contributed by atoms with E-state index in [2.05, 4.69) is 42.2 Å². The lowest BCUT2D eigenvalue weighted by atomic mass is 10.3. The van der Waals surface area contributed by atoms with Crippen LogP contribution in [0.5, 0.6) is 0 Å². The summed E-state index contributed by atoms with van der Waals surface area (Å²) < 4.78 is 1.74. The van der Waals surface area contributed by atoms with E-state index in [1.165, 1.54) is 11.3 Å². The summed E-state index contributed by atoms with van der Waals surface area (Å²) in [6.45, 7) is 1.84. The van der Waals surface area contributed by atoms with Gasteiger partial charge < -0.3 is 11.1 Å². The van der Waals surface area contributed by atoms with Gasteiger partial charge in [0.15, 0.2) is 0 Å². The lowest BCUT2D eigenvalue weighted by Gasteiger charge is -2.06. The van der Waals surface area contributed by atoms with Crippen molar-refractivity contribution in [1.82, 2.24) is 4.98 Å². The number of nitrogens with zero attached hydrogens (tertiary/aromatic N) is 1. The second-order valence-electron chi connectivity index (χ2n) is 3.94. The van der Waals surface area contributed by atoms with Crippen LogP contribution in [0.25, 0.3) is 0 Å². The first kappa shape index (κ1) is 14.6. The molecule has 0 aliphatic rings. The molecule has 0 saturated heterocycles. The number of amides is 1. The van der Waals surface area contributed by atoms with E-state index in [0.717, 1.165) is 14.0 Å². The van der Waals surface area contributed by atoms with E-state index in [0.29, 0.717) is 11.4 Å². The van der Waals surface area contributed by atoms with E-state index in [1.54, 1.807) is 5.38 Å². The third kappa shape index (κ3) is 3.62. The first-order chi connectivity index (χ1) is 8.97. The average molecular weight is 405 g/mol. The van der Waals surface area contributed by atoms with Gasteiger partial charge in [-0.2, -0.15) is 0 Å². The van der Waals surface area contributed by atoms with Crippen LogP contribution in [0.15, 0.2) is 32.5 Å². The maximum Gasteiger partial charge on any atom is 0.275 e. The molecule has 0 radical (unpaired) electrons. The molecule has 1 heterocycles. The lowest BCUT2D eigenvalue weighted by molar-refractivity contribution is 0.102. The Morgan fingerprint density at radius 1 is 1.47 bits per heavy atom. The van der Waals surface area contributed by atoms with Crippen LogP contribution in [0.4, 0.5) is 5.69 Å². The minimum absolute atomic E-state index is 0.161. The molecule has 2 aromatic rings. The summed E-state index contributed by atoms with van der Waals surface area (Å²) in [7, 11) is 0. The molecule has 0 spiro atoms. The van der Waals surface area contributed by atoms with Gasteiger partial charge in [0, 0.05) is 14.3 Å². The fourth-order valence-corrected chi connectivity index (χ4v) is 3.28. The molecule has 0 bridgehead atoms. The Morgan fingerprint density at radius 3 is 2.79 bits per heavy atom. The van der Waals surface area contributed by atoms with Crippen LogP contribution in [0, 0.1) is 0 Å². The number of carbonyl (C=O) groups is 1. The predicted molar refractivity (Wildman–Crippen MR) is 84.5 cm³/mol. The van der Waals surface area contributed by atoms with Gasteiger partial charge >= 0.3 is 0 Å². The Hall–Kier alpha value is -0.760. The molecule has 0 aliphatic heterocycles. The van der Waals surface area contributed by atoms with E-state index in [9.17, 15) is 4.79 Å². The zero-order valence-electron chi connectivity index (χ0n) is 9.98. The van der Waals surface area contributed by atoms with Crippen LogP contribution in [-0.4, -0.2) is 10.9 Å². The Morgan fingerprint density at radius 2 is 2.21 bits per heavy atom. The fraction of sp³-hybridized carbons (Fsp3) is 0.167. The van der Waals surface area contributed by atoms with Crippen molar-refractivity contribution in [2.75, 3.05) is 5.32 Å². The summed E-state index contributed by atoms with van der Waals surface area (Å²) in [5, 5.41) is 5.26. The minimum atomic E-state index is -0.244. The first-order valence-corrected chi connectivity index (χ1v) is 7.91. The van der Waals surface area contributed by atoms with E-state index in [-0.39, 0.29) is 11.9 Å². The maximum absolute atomic E-state index is 12.0. The van der Waals surface area contributed by atoms with Crippen molar-refractivity contribution in [2.24, 2.45) is 5.73 Å². The van der Waals surface area contributed by atoms with Crippen molar-refractivity contribution in [3.05, 3.63) is 43.2 Å². The number of thiazole rings is 1. The smallest absolute Gasteiger partial charge is 0.275 e. The predicted octanol–water partition coefficient (Wildman–Crippen LogP) is 3.94. The van der Waals surface area contributed by atoms with E-state index < -0.39 is 0 Å². The monoisotopic (exact) mass is 403 g/mol. The van der Waals surface area contributed by atoms with Gasteiger partial charge in [-0.3, -0.25) is 4.79 Å². The highest BCUT2D eigenvalue weighted by Crippen LogP contribution is 2.26. The molecular weight excluding hydrogens is 394 g/mol. The summed E-state index contributed by atoms with van der Waals surface area (Å²) in [4.78, 5) is 16.3. The highest BCUT2D eigenvalue weighted by Gasteiger charge is 2.14. The van der Waals surface area contributed by atoms with Crippen LogP contribution in [0.2, 0.25) is 0 Å². The summed E-state index contributed by atoms with van der Waals surface area (Å²) in [5.74, 6) is -0.244. The summed E-state index contributed by atoms with van der Waals surface area (Å²) >= 11 is 8.14. The zero-order valence-corrected chi connectivity index (χ0v) is 14.0. The number of rotatable bonds is 3. The molecule has 0 aliphatic carbocycles. The molecule has 0 saturated carbocycles. The van der Waals surface area contributed by atoms with E-state index in [1.807, 2.05) is 25.1 Å². The number of benzene rings is 1. The number of nitrogens with one attached hydrogen (secondary N) is 1. The molecule has 1 amide bonds. The minimum Gasteiger partial charge on any atom is -0.322 e. The van der Waals surface area contributed by atoms with E-state index >= 15 is 0 Å². The quantitative estimate of drug-likeness (QED) is 0.813. The molecule has 1 unspecified atom stereocenters. The molecule has 1 atom stereocenters. The van der Waals surface area contributed by atoms with Crippen LogP contribution in [0.1, 0.15) is 28.5 Å². The Bertz CT molecular complexity index is 613. The largest absolute Gasteiger partial charge is 0.322 e. The summed E-state index contributed by atoms with van der Waals surface area (Å²) in [6, 6.07) is 5.37. The van der Waals surface area contributed by atoms with Crippen molar-refractivity contribution < 1.29 is 4.79 Å². The molecule has 0 fully saturated rings. The normalized spacial score (nSPS) is 12.2. The van der Waals surface area contributed by atoms with Gasteiger partial charge in [-0.05, 0) is 41.1 Å². The second kappa shape index (κ2) is 6.13. The highest BCUT2D eigenvalue weighted by atomic mass is 79.9. The molecular formula is C12H11Br2N3OS. The first-order valence-electron chi connectivity index (χ1n) is 5.45. The van der Waals surface area contributed by atoms with Gasteiger partial charge in [-0.15, -0.1) is 11.3 Å². The third-order valence-electron chi connectivity index (χ3n) is 2.32. The van der Waals surface area contributed by atoms with Crippen LogP contribution in [0.3, 0.4) is 0 Å². The number of anilines is 1. The van der Waals surface area contributed by atoms with Crippen molar-refractivity contribution in [3.63, 3.8) is 0 Å². The number of hydrogen-bond acceptors (Lipinski definition) is 4. The van der Waals surface area contributed by atoms with Crippen LogP contribution >= 0.6 is 43.2 Å². The topological polar surface area (TPSA) is 68.0 Å². The lowest BCUT2D eigenvalue weighted by Crippen LogP contribution is -2.13. The van der Waals surface area contributed by atoms with Gasteiger partial charge in [-0.1, -0.05) is 15.9 Å². The molecule has 3 N–H and O–H groups in total. The SMILES string of the molecule is CC(N)c1nc(C(=O)Nc2ccc(Br)cc2Br)cs1. The standard InChI is InChI=1S/C12H11Br2N3OS/c1-6(15)12-17-10(5-19-12)11(18)16-9-3-2-7(13)4-8(9)14/h2-6H,15H2,1H3,(H,16,18). The summed E-state index contributed by atoms with van der Waals surface area (Å²) in [5.41, 5.74) is 6.80. The molecule has 7 heteroatoms. The average Bonchev–Trinajstić information content (AvgIpc) is 2.82. The van der Waals surface area contributed by atoms with E-state index in [4.69, 9.17) is 5.73 Å². The van der Waals surface area contributed by atoms with Gasteiger partial charge in [0.2, 0.25) is 0 Å². The Balaban J connectivity index is 2.16. The number of halogens is 2. The van der Waals surface area contributed by atoms with Gasteiger partial charge in [-0.25, -0.2) is 4.98 Å². The highest BCUT2D eigenvalue weighted by molar-refractivity contribution is 9.11.